The summed E-state index contributed by atoms with van der Waals surface area (Å²) in [7, 11) is -3.21. The first kappa shape index (κ1) is 28.3. The average Bonchev–Trinajstić information content (AvgIpc) is 3.67. The number of nitrogens with zero attached hydrogens (tertiary/aromatic N) is 5. The second kappa shape index (κ2) is 10.9. The maximum absolute atomic E-state index is 13.9. The van der Waals surface area contributed by atoms with Gasteiger partial charge < -0.3 is 14.4 Å². The molecule has 0 saturated carbocycles. The topological polar surface area (TPSA) is 114 Å². The van der Waals surface area contributed by atoms with Crippen molar-refractivity contribution in [1.82, 2.24) is 19.2 Å². The predicted octanol–water partition coefficient (Wildman–Crippen LogP) is 2.44. The van der Waals surface area contributed by atoms with Crippen molar-refractivity contribution in [2.75, 3.05) is 49.4 Å². The lowest BCUT2D eigenvalue weighted by atomic mass is 10.1. The zero-order valence-corrected chi connectivity index (χ0v) is 25.8. The quantitative estimate of drug-likeness (QED) is 0.303. The number of thioether (sulfide) groups is 1. The molecule has 0 N–H and O–H groups in total. The Morgan fingerprint density at radius 2 is 1.88 bits per heavy atom. The lowest BCUT2D eigenvalue weighted by molar-refractivity contribution is -0.123. The van der Waals surface area contributed by atoms with Gasteiger partial charge in [-0.25, -0.2) is 13.4 Å². The summed E-state index contributed by atoms with van der Waals surface area (Å²) in [5.74, 6) is 1.60. The second-order valence-corrected chi connectivity index (χ2v) is 15.1. The summed E-state index contributed by atoms with van der Waals surface area (Å²) >= 11 is 6.60. The number of aryl methyl sites for hydroxylation is 1. The van der Waals surface area contributed by atoms with Crippen LogP contribution in [0.25, 0.3) is 11.7 Å². The van der Waals surface area contributed by atoms with Gasteiger partial charge in [-0.2, -0.15) is 0 Å². The van der Waals surface area contributed by atoms with Crippen molar-refractivity contribution in [3.05, 3.63) is 68.5 Å². The molecule has 1 unspecified atom stereocenters. The molecule has 1 aromatic carbocycles. The third kappa shape index (κ3) is 5.41. The molecule has 0 spiro atoms. The molecule has 4 aliphatic rings. The van der Waals surface area contributed by atoms with Gasteiger partial charge in [0, 0.05) is 38.9 Å². The summed E-state index contributed by atoms with van der Waals surface area (Å²) in [5, 5.41) is 0. The first-order valence-electron chi connectivity index (χ1n) is 14.0. The van der Waals surface area contributed by atoms with Crippen LogP contribution in [-0.2, 0) is 21.2 Å². The summed E-state index contributed by atoms with van der Waals surface area (Å²) in [6.07, 6.45) is 3.67. The van der Waals surface area contributed by atoms with E-state index in [1.165, 1.54) is 9.30 Å². The molecule has 224 valence electrons. The number of amides is 1. The van der Waals surface area contributed by atoms with E-state index in [4.69, 9.17) is 26.7 Å². The number of anilines is 1. The zero-order chi connectivity index (χ0) is 29.9. The van der Waals surface area contributed by atoms with E-state index in [0.29, 0.717) is 45.8 Å². The van der Waals surface area contributed by atoms with Gasteiger partial charge in [-0.05, 0) is 48.7 Å². The molecular formula is C29H29N5O6S3. The van der Waals surface area contributed by atoms with Gasteiger partial charge in [0.25, 0.3) is 11.5 Å². The van der Waals surface area contributed by atoms with Crippen molar-refractivity contribution < 1.29 is 22.7 Å². The Morgan fingerprint density at radius 1 is 1.09 bits per heavy atom. The van der Waals surface area contributed by atoms with Crippen LogP contribution >= 0.6 is 24.0 Å². The average molecular weight is 640 g/mol. The highest BCUT2D eigenvalue weighted by atomic mass is 32.2. The van der Waals surface area contributed by atoms with E-state index in [-0.39, 0.29) is 29.8 Å². The Kier molecular flexibility index (Phi) is 7.19. The van der Waals surface area contributed by atoms with Gasteiger partial charge in [0.05, 0.1) is 28.0 Å². The molecule has 2 aromatic heterocycles. The first-order valence-corrected chi connectivity index (χ1v) is 17.1. The number of hydrogen-bond acceptors (Lipinski definition) is 11. The number of benzene rings is 1. The molecule has 3 aromatic rings. The van der Waals surface area contributed by atoms with Crippen LogP contribution in [0.5, 0.6) is 11.5 Å². The molecule has 6 heterocycles. The number of sulfone groups is 1. The van der Waals surface area contributed by atoms with Crippen LogP contribution in [-0.4, -0.2) is 88.3 Å². The highest BCUT2D eigenvalue weighted by Gasteiger charge is 2.42. The SMILES string of the molecule is Cc1ccc2nc(N3CCN(Cc4ccc5c(c4)OCO5)CC3)c(C=C3SC(=S)N(C4CCS(=O)(=O)C4)C3=O)c(=O)n2c1. The fraction of sp³-hybridized carbons (Fsp3) is 0.379. The largest absolute Gasteiger partial charge is 0.454 e. The first-order chi connectivity index (χ1) is 20.6. The van der Waals surface area contributed by atoms with E-state index in [9.17, 15) is 18.0 Å². The number of piperazine rings is 1. The summed E-state index contributed by atoms with van der Waals surface area (Å²) in [4.78, 5) is 38.5. The molecule has 0 aliphatic carbocycles. The molecule has 11 nitrogen and oxygen atoms in total. The number of fused-ring (bicyclic) bond motifs is 2. The van der Waals surface area contributed by atoms with Crippen LogP contribution in [0.15, 0.2) is 46.2 Å². The smallest absolute Gasteiger partial charge is 0.267 e. The molecule has 4 aliphatic heterocycles. The number of carbonyl (C=O) groups excluding carboxylic acids is 1. The summed E-state index contributed by atoms with van der Waals surface area (Å²) in [6.45, 7) is 5.68. The number of rotatable bonds is 5. The second-order valence-electron chi connectivity index (χ2n) is 11.1. The van der Waals surface area contributed by atoms with Gasteiger partial charge >= 0.3 is 0 Å². The number of aromatic nitrogens is 2. The Labute approximate surface area is 258 Å². The van der Waals surface area contributed by atoms with Gasteiger partial charge in [0.2, 0.25) is 6.79 Å². The normalized spacial score (nSPS) is 22.8. The van der Waals surface area contributed by atoms with E-state index in [0.717, 1.165) is 54.0 Å². The van der Waals surface area contributed by atoms with Crippen molar-refractivity contribution in [1.29, 1.82) is 0 Å². The van der Waals surface area contributed by atoms with E-state index in [1.54, 1.807) is 12.3 Å². The minimum absolute atomic E-state index is 0.0356. The molecule has 1 amide bonds. The van der Waals surface area contributed by atoms with Gasteiger partial charge in [0.15, 0.2) is 21.3 Å². The zero-order valence-electron chi connectivity index (χ0n) is 23.4. The molecule has 43 heavy (non-hydrogen) atoms. The van der Waals surface area contributed by atoms with E-state index in [1.807, 2.05) is 37.3 Å². The summed E-state index contributed by atoms with van der Waals surface area (Å²) in [5.41, 5.74) is 2.59. The number of hydrogen-bond donors (Lipinski definition) is 0. The molecule has 0 radical (unpaired) electrons. The fourth-order valence-electron chi connectivity index (χ4n) is 5.93. The van der Waals surface area contributed by atoms with Crippen molar-refractivity contribution in [3.63, 3.8) is 0 Å². The van der Waals surface area contributed by atoms with Gasteiger partial charge in [0.1, 0.15) is 15.8 Å². The van der Waals surface area contributed by atoms with Crippen molar-refractivity contribution in [2.24, 2.45) is 0 Å². The standard InChI is InChI=1S/C29H29N5O6S3/c1-18-2-5-25-30-26(32-9-7-31(8-10-32)15-19-3-4-22-23(12-19)40-17-39-22)21(27(35)33(25)14-18)13-24-28(36)34(29(41)42-24)20-6-11-43(37,38)16-20/h2-5,12-14,20H,6-11,15-17H2,1H3. The molecule has 14 heteroatoms. The minimum Gasteiger partial charge on any atom is -0.454 e. The summed E-state index contributed by atoms with van der Waals surface area (Å²) in [6, 6.07) is 9.23. The highest BCUT2D eigenvalue weighted by Crippen LogP contribution is 2.37. The van der Waals surface area contributed by atoms with Crippen molar-refractivity contribution >= 4 is 61.6 Å². The number of thiocarbonyl (C=S) groups is 1. The summed E-state index contributed by atoms with van der Waals surface area (Å²) < 4.78 is 37.0. The molecular weight excluding hydrogens is 611 g/mol. The van der Waals surface area contributed by atoms with E-state index < -0.39 is 15.9 Å². The van der Waals surface area contributed by atoms with Crippen LogP contribution in [0.2, 0.25) is 0 Å². The van der Waals surface area contributed by atoms with Crippen LogP contribution in [0, 0.1) is 6.92 Å². The molecule has 3 fully saturated rings. The molecule has 7 rings (SSSR count). The maximum atomic E-state index is 13.9. The van der Waals surface area contributed by atoms with E-state index >= 15 is 0 Å². The number of carbonyl (C=O) groups is 1. The van der Waals surface area contributed by atoms with Gasteiger partial charge in [-0.3, -0.25) is 23.8 Å². The van der Waals surface area contributed by atoms with Crippen LogP contribution < -0.4 is 19.9 Å². The van der Waals surface area contributed by atoms with Crippen LogP contribution in [0.3, 0.4) is 0 Å². The van der Waals surface area contributed by atoms with Gasteiger partial charge in [-0.1, -0.05) is 36.1 Å². The molecule has 3 saturated heterocycles. The van der Waals surface area contributed by atoms with E-state index in [2.05, 4.69) is 9.80 Å². The van der Waals surface area contributed by atoms with Crippen molar-refractivity contribution in [2.45, 2.75) is 25.9 Å². The Bertz CT molecular complexity index is 1870. The molecule has 0 bridgehead atoms. The number of pyridine rings is 1. The third-order valence-corrected chi connectivity index (χ3v) is 11.3. The Morgan fingerprint density at radius 3 is 2.65 bits per heavy atom. The van der Waals surface area contributed by atoms with Crippen LogP contribution in [0.1, 0.15) is 23.1 Å². The van der Waals surface area contributed by atoms with Crippen LogP contribution in [0.4, 0.5) is 5.82 Å². The lowest BCUT2D eigenvalue weighted by Gasteiger charge is -2.36. The predicted molar refractivity (Wildman–Crippen MR) is 168 cm³/mol. The number of ether oxygens (including phenoxy) is 2. The third-order valence-electron chi connectivity index (χ3n) is 8.17. The fourth-order valence-corrected chi connectivity index (χ4v) is 9.02. The molecule has 1 atom stereocenters. The maximum Gasteiger partial charge on any atom is 0.267 e. The minimum atomic E-state index is -3.21. The Balaban J connectivity index is 1.17. The van der Waals surface area contributed by atoms with Crippen molar-refractivity contribution in [3.8, 4) is 11.5 Å². The van der Waals surface area contributed by atoms with Gasteiger partial charge in [-0.15, -0.1) is 0 Å². The Hall–Kier alpha value is -3.46. The monoisotopic (exact) mass is 639 g/mol. The highest BCUT2D eigenvalue weighted by molar-refractivity contribution is 8.26. The lowest BCUT2D eigenvalue weighted by Crippen LogP contribution is -2.47.